The van der Waals surface area contributed by atoms with Gasteiger partial charge >= 0.3 is 0 Å². The first-order chi connectivity index (χ1) is 9.47. The Bertz CT molecular complexity index is 611. The summed E-state index contributed by atoms with van der Waals surface area (Å²) in [7, 11) is 0. The van der Waals surface area contributed by atoms with Crippen LogP contribution in [-0.4, -0.2) is 6.04 Å². The van der Waals surface area contributed by atoms with Crippen molar-refractivity contribution in [2.75, 3.05) is 0 Å². The SMILES string of the molecule is Cc1ccc(Oc2cccc(F)c2F)c(CC(C)N)c1. The van der Waals surface area contributed by atoms with Gasteiger partial charge in [-0.15, -0.1) is 0 Å². The van der Waals surface area contributed by atoms with Crippen LogP contribution in [0.15, 0.2) is 36.4 Å². The second-order valence-electron chi connectivity index (χ2n) is 4.95. The number of hydrogen-bond donors (Lipinski definition) is 1. The minimum Gasteiger partial charge on any atom is -0.454 e. The van der Waals surface area contributed by atoms with E-state index >= 15 is 0 Å². The third-order valence-electron chi connectivity index (χ3n) is 2.89. The van der Waals surface area contributed by atoms with Crippen molar-refractivity contribution in [2.24, 2.45) is 5.73 Å². The first-order valence-corrected chi connectivity index (χ1v) is 6.44. The Hall–Kier alpha value is -1.94. The van der Waals surface area contributed by atoms with Gasteiger partial charge in [-0.3, -0.25) is 0 Å². The van der Waals surface area contributed by atoms with Crippen molar-refractivity contribution in [2.45, 2.75) is 26.3 Å². The molecule has 2 aromatic rings. The lowest BCUT2D eigenvalue weighted by Gasteiger charge is -2.14. The van der Waals surface area contributed by atoms with Gasteiger partial charge in [0.1, 0.15) is 5.75 Å². The molecule has 0 fully saturated rings. The lowest BCUT2D eigenvalue weighted by atomic mass is 10.0. The molecule has 2 aromatic carbocycles. The second kappa shape index (κ2) is 6.01. The van der Waals surface area contributed by atoms with Crippen LogP contribution in [-0.2, 0) is 6.42 Å². The molecule has 0 aliphatic carbocycles. The standard InChI is InChI=1S/C16H17F2NO/c1-10-6-7-14(12(8-10)9-11(2)19)20-15-5-3-4-13(17)16(15)18/h3-8,11H,9,19H2,1-2H3. The monoisotopic (exact) mass is 277 g/mol. The molecule has 0 saturated carbocycles. The van der Waals surface area contributed by atoms with E-state index in [0.29, 0.717) is 12.2 Å². The Morgan fingerprint density at radius 2 is 1.90 bits per heavy atom. The van der Waals surface area contributed by atoms with Crippen molar-refractivity contribution in [1.29, 1.82) is 0 Å². The van der Waals surface area contributed by atoms with Crippen molar-refractivity contribution in [1.82, 2.24) is 0 Å². The summed E-state index contributed by atoms with van der Waals surface area (Å²) >= 11 is 0. The maximum Gasteiger partial charge on any atom is 0.201 e. The molecule has 2 rings (SSSR count). The van der Waals surface area contributed by atoms with Crippen LogP contribution < -0.4 is 10.5 Å². The van der Waals surface area contributed by atoms with Crippen molar-refractivity contribution >= 4 is 0 Å². The highest BCUT2D eigenvalue weighted by atomic mass is 19.2. The first-order valence-electron chi connectivity index (χ1n) is 6.44. The van der Waals surface area contributed by atoms with Crippen LogP contribution >= 0.6 is 0 Å². The highest BCUT2D eigenvalue weighted by Crippen LogP contribution is 2.29. The van der Waals surface area contributed by atoms with Crippen LogP contribution in [0.4, 0.5) is 8.78 Å². The number of rotatable bonds is 4. The number of ether oxygens (including phenoxy) is 1. The zero-order valence-corrected chi connectivity index (χ0v) is 11.5. The van der Waals surface area contributed by atoms with E-state index < -0.39 is 11.6 Å². The average Bonchev–Trinajstić information content (AvgIpc) is 2.37. The van der Waals surface area contributed by atoms with Gasteiger partial charge in [0.2, 0.25) is 5.82 Å². The van der Waals surface area contributed by atoms with Crippen LogP contribution in [0.5, 0.6) is 11.5 Å². The molecule has 2 nitrogen and oxygen atoms in total. The van der Waals surface area contributed by atoms with Crippen LogP contribution in [0.2, 0.25) is 0 Å². The summed E-state index contributed by atoms with van der Waals surface area (Å²) in [6.45, 7) is 3.84. The number of halogens is 2. The molecule has 0 heterocycles. The molecule has 1 unspecified atom stereocenters. The molecule has 0 saturated heterocycles. The maximum absolute atomic E-state index is 13.6. The number of benzene rings is 2. The summed E-state index contributed by atoms with van der Waals surface area (Å²) < 4.78 is 32.3. The molecule has 0 radical (unpaired) electrons. The molecule has 1 atom stereocenters. The van der Waals surface area contributed by atoms with Gasteiger partial charge in [0.15, 0.2) is 11.6 Å². The molecule has 0 amide bonds. The number of nitrogens with two attached hydrogens (primary N) is 1. The fraction of sp³-hybridized carbons (Fsp3) is 0.250. The van der Waals surface area contributed by atoms with Crippen molar-refractivity contribution in [3.8, 4) is 11.5 Å². The van der Waals surface area contributed by atoms with Gasteiger partial charge in [0.25, 0.3) is 0 Å². The predicted octanol–water partition coefficient (Wildman–Crippen LogP) is 3.96. The zero-order valence-electron chi connectivity index (χ0n) is 11.5. The molecule has 4 heteroatoms. The van der Waals surface area contributed by atoms with Gasteiger partial charge in [-0.05, 0) is 44.0 Å². The van der Waals surface area contributed by atoms with E-state index in [2.05, 4.69) is 0 Å². The molecule has 0 spiro atoms. The Labute approximate surface area is 117 Å². The van der Waals surface area contributed by atoms with Gasteiger partial charge in [-0.2, -0.15) is 4.39 Å². The van der Waals surface area contributed by atoms with Crippen LogP contribution in [0, 0.1) is 18.6 Å². The van der Waals surface area contributed by atoms with Crippen molar-refractivity contribution in [3.05, 3.63) is 59.2 Å². The smallest absolute Gasteiger partial charge is 0.201 e. The van der Waals surface area contributed by atoms with Gasteiger partial charge in [0, 0.05) is 6.04 Å². The third-order valence-corrected chi connectivity index (χ3v) is 2.89. The Morgan fingerprint density at radius 3 is 2.60 bits per heavy atom. The Balaban J connectivity index is 2.35. The molecule has 0 bridgehead atoms. The fourth-order valence-electron chi connectivity index (χ4n) is 2.00. The van der Waals surface area contributed by atoms with Gasteiger partial charge < -0.3 is 10.5 Å². The quantitative estimate of drug-likeness (QED) is 0.918. The topological polar surface area (TPSA) is 35.2 Å². The van der Waals surface area contributed by atoms with E-state index in [0.717, 1.165) is 17.2 Å². The second-order valence-corrected chi connectivity index (χ2v) is 4.95. The van der Waals surface area contributed by atoms with Crippen LogP contribution in [0.25, 0.3) is 0 Å². The van der Waals surface area contributed by atoms with Gasteiger partial charge in [0.05, 0.1) is 0 Å². The molecule has 2 N–H and O–H groups in total. The molecule has 0 aromatic heterocycles. The molecular formula is C16H17F2NO. The lowest BCUT2D eigenvalue weighted by molar-refractivity contribution is 0.412. The highest BCUT2D eigenvalue weighted by molar-refractivity contribution is 5.41. The molecule has 0 aliphatic heterocycles. The first kappa shape index (κ1) is 14.5. The maximum atomic E-state index is 13.6. The summed E-state index contributed by atoms with van der Waals surface area (Å²) in [5.74, 6) is -1.54. The van der Waals surface area contributed by atoms with Crippen LogP contribution in [0.3, 0.4) is 0 Å². The van der Waals surface area contributed by atoms with E-state index in [4.69, 9.17) is 10.5 Å². The average molecular weight is 277 g/mol. The summed E-state index contributed by atoms with van der Waals surface area (Å²) in [4.78, 5) is 0. The van der Waals surface area contributed by atoms with Crippen molar-refractivity contribution < 1.29 is 13.5 Å². The summed E-state index contributed by atoms with van der Waals surface area (Å²) in [5.41, 5.74) is 7.74. The third kappa shape index (κ3) is 3.33. The highest BCUT2D eigenvalue weighted by Gasteiger charge is 2.13. The minimum absolute atomic E-state index is 0.0449. The summed E-state index contributed by atoms with van der Waals surface area (Å²) in [6, 6.07) is 9.36. The van der Waals surface area contributed by atoms with Crippen LogP contribution in [0.1, 0.15) is 18.1 Å². The predicted molar refractivity (Wildman–Crippen MR) is 75.0 cm³/mol. The van der Waals surface area contributed by atoms with E-state index in [9.17, 15) is 8.78 Å². The number of aryl methyl sites for hydroxylation is 1. The van der Waals surface area contributed by atoms with E-state index in [1.807, 2.05) is 26.0 Å². The Kier molecular flexibility index (Phi) is 4.35. The van der Waals surface area contributed by atoms with E-state index in [-0.39, 0.29) is 11.8 Å². The Morgan fingerprint density at radius 1 is 1.15 bits per heavy atom. The summed E-state index contributed by atoms with van der Waals surface area (Å²) in [6.07, 6.45) is 0.605. The lowest BCUT2D eigenvalue weighted by Crippen LogP contribution is -2.18. The van der Waals surface area contributed by atoms with Gasteiger partial charge in [-0.1, -0.05) is 23.8 Å². The van der Waals surface area contributed by atoms with Gasteiger partial charge in [-0.25, -0.2) is 4.39 Å². The van der Waals surface area contributed by atoms with E-state index in [1.54, 1.807) is 6.07 Å². The molecule has 0 aliphatic rings. The molecular weight excluding hydrogens is 260 g/mol. The van der Waals surface area contributed by atoms with Crippen molar-refractivity contribution in [3.63, 3.8) is 0 Å². The normalized spacial score (nSPS) is 12.2. The fourth-order valence-corrected chi connectivity index (χ4v) is 2.00. The molecule has 20 heavy (non-hydrogen) atoms. The largest absolute Gasteiger partial charge is 0.454 e. The zero-order chi connectivity index (χ0) is 14.7. The number of hydrogen-bond acceptors (Lipinski definition) is 2. The molecule has 106 valence electrons. The minimum atomic E-state index is -0.986. The summed E-state index contributed by atoms with van der Waals surface area (Å²) in [5, 5.41) is 0. The van der Waals surface area contributed by atoms with E-state index in [1.165, 1.54) is 12.1 Å².